The minimum atomic E-state index is 0.990. The average Bonchev–Trinajstić information content (AvgIpc) is 2.95. The molecule has 0 spiro atoms. The third-order valence-electron chi connectivity index (χ3n) is 3.82. The van der Waals surface area contributed by atoms with Crippen molar-refractivity contribution >= 4 is 50.2 Å². The van der Waals surface area contributed by atoms with Crippen LogP contribution in [-0.2, 0) is 0 Å². The molecule has 0 atom stereocenters. The number of nitrogens with one attached hydrogen (secondary N) is 2. The van der Waals surface area contributed by atoms with Gasteiger partial charge in [0.15, 0.2) is 0 Å². The van der Waals surface area contributed by atoms with Crippen LogP contribution in [0.15, 0.2) is 54.6 Å². The van der Waals surface area contributed by atoms with Crippen molar-refractivity contribution in [2.24, 2.45) is 0 Å². The van der Waals surface area contributed by atoms with Crippen molar-refractivity contribution in [1.82, 2.24) is 9.97 Å². The second-order valence-electron chi connectivity index (χ2n) is 5.25. The summed E-state index contributed by atoms with van der Waals surface area (Å²) < 4.78 is 1.20. The Labute approximate surface area is 141 Å². The van der Waals surface area contributed by atoms with E-state index in [0.717, 1.165) is 33.3 Å². The molecule has 3 nitrogen and oxygen atoms in total. The van der Waals surface area contributed by atoms with Crippen LogP contribution >= 0.6 is 22.6 Å². The molecule has 0 aliphatic heterocycles. The topological polar surface area (TPSA) is 40.7 Å². The van der Waals surface area contributed by atoms with Crippen LogP contribution in [0, 0.1) is 3.57 Å². The number of aromatic nitrogens is 2. The molecule has 0 fully saturated rings. The van der Waals surface area contributed by atoms with E-state index in [0.29, 0.717) is 0 Å². The number of halogens is 1. The maximum absolute atomic E-state index is 4.84. The molecule has 2 heterocycles. The van der Waals surface area contributed by atoms with E-state index in [4.69, 9.17) is 4.98 Å². The van der Waals surface area contributed by atoms with E-state index in [2.05, 4.69) is 69.3 Å². The van der Waals surface area contributed by atoms with Crippen molar-refractivity contribution in [1.29, 1.82) is 0 Å². The first-order valence-electron chi connectivity index (χ1n) is 7.11. The number of pyridine rings is 1. The van der Waals surface area contributed by atoms with Crippen LogP contribution in [0.4, 0.5) is 5.69 Å². The monoisotopic (exact) mass is 399 g/mol. The van der Waals surface area contributed by atoms with Gasteiger partial charge >= 0.3 is 0 Å². The van der Waals surface area contributed by atoms with Crippen LogP contribution in [0.3, 0.4) is 0 Å². The number of nitrogens with zero attached hydrogens (tertiary/aromatic N) is 1. The molecule has 2 aromatic carbocycles. The molecule has 4 heteroatoms. The summed E-state index contributed by atoms with van der Waals surface area (Å²) in [5.74, 6) is 0. The Morgan fingerprint density at radius 3 is 2.64 bits per heavy atom. The van der Waals surface area contributed by atoms with Gasteiger partial charge in [-0.05, 0) is 52.4 Å². The molecule has 0 radical (unpaired) electrons. The van der Waals surface area contributed by atoms with E-state index in [1.807, 2.05) is 25.2 Å². The minimum Gasteiger partial charge on any atom is -0.386 e. The van der Waals surface area contributed by atoms with Crippen molar-refractivity contribution in [3.63, 3.8) is 0 Å². The van der Waals surface area contributed by atoms with Crippen LogP contribution in [0.2, 0.25) is 0 Å². The van der Waals surface area contributed by atoms with Gasteiger partial charge in [0.2, 0.25) is 0 Å². The maximum atomic E-state index is 4.84. The lowest BCUT2D eigenvalue weighted by molar-refractivity contribution is 1.43. The number of H-pyrrole nitrogens is 1. The lowest BCUT2D eigenvalue weighted by Crippen LogP contribution is -1.92. The number of aromatic amines is 1. The third kappa shape index (κ3) is 2.23. The second kappa shape index (κ2) is 5.28. The van der Waals surface area contributed by atoms with Gasteiger partial charge in [-0.3, -0.25) is 0 Å². The lowest BCUT2D eigenvalue weighted by atomic mass is 10.1. The van der Waals surface area contributed by atoms with Crippen LogP contribution in [0.25, 0.3) is 33.2 Å². The predicted molar refractivity (Wildman–Crippen MR) is 101 cm³/mol. The number of rotatable bonds is 2. The zero-order valence-electron chi connectivity index (χ0n) is 12.0. The van der Waals surface area contributed by atoms with Gasteiger partial charge < -0.3 is 10.3 Å². The van der Waals surface area contributed by atoms with Gasteiger partial charge in [-0.2, -0.15) is 0 Å². The van der Waals surface area contributed by atoms with Gasteiger partial charge in [0.25, 0.3) is 0 Å². The molecular weight excluding hydrogens is 385 g/mol. The summed E-state index contributed by atoms with van der Waals surface area (Å²) in [6.07, 6.45) is 0. The highest BCUT2D eigenvalue weighted by atomic mass is 127. The number of anilines is 1. The van der Waals surface area contributed by atoms with Gasteiger partial charge in [0.1, 0.15) is 0 Å². The van der Waals surface area contributed by atoms with E-state index in [-0.39, 0.29) is 0 Å². The quantitative estimate of drug-likeness (QED) is 0.465. The van der Waals surface area contributed by atoms with Gasteiger partial charge in [0.05, 0.1) is 22.2 Å². The lowest BCUT2D eigenvalue weighted by Gasteiger charge is -2.06. The van der Waals surface area contributed by atoms with E-state index in [9.17, 15) is 0 Å². The summed E-state index contributed by atoms with van der Waals surface area (Å²) in [6, 6.07) is 18.9. The average molecular weight is 399 g/mol. The Kier molecular flexibility index (Phi) is 3.26. The highest BCUT2D eigenvalue weighted by Gasteiger charge is 2.09. The fourth-order valence-electron chi connectivity index (χ4n) is 2.76. The van der Waals surface area contributed by atoms with E-state index < -0.39 is 0 Å². The molecule has 2 N–H and O–H groups in total. The molecule has 0 amide bonds. The van der Waals surface area contributed by atoms with E-state index in [1.54, 1.807) is 0 Å². The van der Waals surface area contributed by atoms with Gasteiger partial charge in [-0.15, -0.1) is 0 Å². The van der Waals surface area contributed by atoms with Crippen molar-refractivity contribution < 1.29 is 0 Å². The summed E-state index contributed by atoms with van der Waals surface area (Å²) in [5.41, 5.74) is 6.40. The molecular formula is C18H14IN3. The van der Waals surface area contributed by atoms with Crippen molar-refractivity contribution in [3.8, 4) is 11.3 Å². The second-order valence-corrected chi connectivity index (χ2v) is 6.49. The fourth-order valence-corrected chi connectivity index (χ4v) is 3.40. The zero-order valence-corrected chi connectivity index (χ0v) is 14.2. The summed E-state index contributed by atoms with van der Waals surface area (Å²) in [5, 5.41) is 4.38. The van der Waals surface area contributed by atoms with Crippen molar-refractivity contribution in [2.45, 2.75) is 0 Å². The maximum Gasteiger partial charge on any atom is 0.0942 e. The summed E-state index contributed by atoms with van der Waals surface area (Å²) >= 11 is 2.34. The van der Waals surface area contributed by atoms with Crippen LogP contribution in [-0.4, -0.2) is 17.0 Å². The van der Waals surface area contributed by atoms with Gasteiger partial charge in [-0.1, -0.05) is 30.3 Å². The SMILES string of the molecule is CNc1cc(I)cc2cc3[nH]c(-c4ccccc4)cc3nc12. The summed E-state index contributed by atoms with van der Waals surface area (Å²) in [6.45, 7) is 0. The van der Waals surface area contributed by atoms with Crippen molar-refractivity contribution in [2.75, 3.05) is 12.4 Å². The Morgan fingerprint density at radius 1 is 1.05 bits per heavy atom. The van der Waals surface area contributed by atoms with E-state index in [1.165, 1.54) is 9.13 Å². The third-order valence-corrected chi connectivity index (χ3v) is 4.44. The number of hydrogen-bond donors (Lipinski definition) is 2. The highest BCUT2D eigenvalue weighted by molar-refractivity contribution is 14.1. The van der Waals surface area contributed by atoms with E-state index >= 15 is 0 Å². The smallest absolute Gasteiger partial charge is 0.0942 e. The Balaban J connectivity index is 1.98. The molecule has 2 aromatic heterocycles. The molecule has 0 bridgehead atoms. The number of benzene rings is 2. The molecule has 108 valence electrons. The Hall–Kier alpha value is -2.08. The summed E-state index contributed by atoms with van der Waals surface area (Å²) in [7, 11) is 1.93. The van der Waals surface area contributed by atoms with Gasteiger partial charge in [0, 0.05) is 21.7 Å². The number of fused-ring (bicyclic) bond motifs is 2. The molecule has 22 heavy (non-hydrogen) atoms. The Morgan fingerprint density at radius 2 is 1.86 bits per heavy atom. The normalized spacial score (nSPS) is 11.2. The largest absolute Gasteiger partial charge is 0.386 e. The Bertz CT molecular complexity index is 974. The summed E-state index contributed by atoms with van der Waals surface area (Å²) in [4.78, 5) is 8.31. The standard InChI is InChI=1S/C18H14IN3/c1-20-17-9-13(19)7-12-8-15-16(22-18(12)17)10-14(21-15)11-5-3-2-4-6-11/h2-10,20-21H,1H3. The van der Waals surface area contributed by atoms with Crippen LogP contribution in [0.1, 0.15) is 0 Å². The molecule has 0 saturated carbocycles. The fraction of sp³-hybridized carbons (Fsp3) is 0.0556. The first kappa shape index (κ1) is 13.6. The van der Waals surface area contributed by atoms with Crippen molar-refractivity contribution in [3.05, 3.63) is 58.2 Å². The van der Waals surface area contributed by atoms with Gasteiger partial charge in [-0.25, -0.2) is 4.98 Å². The minimum absolute atomic E-state index is 0.990. The molecule has 4 aromatic rings. The molecule has 0 unspecified atom stereocenters. The first-order chi connectivity index (χ1) is 10.7. The molecule has 4 rings (SSSR count). The predicted octanol–water partition coefficient (Wildman–Crippen LogP) is 5.03. The highest BCUT2D eigenvalue weighted by Crippen LogP contribution is 2.30. The molecule has 0 aliphatic carbocycles. The first-order valence-corrected chi connectivity index (χ1v) is 8.19. The van der Waals surface area contributed by atoms with Crippen LogP contribution in [0.5, 0.6) is 0 Å². The molecule has 0 aliphatic rings. The zero-order chi connectivity index (χ0) is 15.1. The van der Waals surface area contributed by atoms with Crippen LogP contribution < -0.4 is 5.32 Å². The molecule has 0 saturated heterocycles. The number of hydrogen-bond acceptors (Lipinski definition) is 2.